The number of carbonyl (C=O) groups is 1. The molecule has 0 aromatic rings. The van der Waals surface area contributed by atoms with Gasteiger partial charge in [0.25, 0.3) is 0 Å². The summed E-state index contributed by atoms with van der Waals surface area (Å²) >= 11 is 5.42. The summed E-state index contributed by atoms with van der Waals surface area (Å²) in [6, 6.07) is 0. The summed E-state index contributed by atoms with van der Waals surface area (Å²) in [6.45, 7) is 8.52. The Hall–Kier alpha value is 0.177. The van der Waals surface area contributed by atoms with Crippen LogP contribution in [-0.2, 0) is 4.79 Å². The maximum Gasteiger partial charge on any atom is 0.222 e. The van der Waals surface area contributed by atoms with Crippen LogP contribution < -0.4 is 0 Å². The highest BCUT2D eigenvalue weighted by molar-refractivity contribution is 6.86. The third kappa shape index (κ3) is 2.84. The van der Waals surface area contributed by atoms with E-state index in [1.54, 1.807) is 0 Å². The van der Waals surface area contributed by atoms with E-state index in [9.17, 15) is 4.79 Å². The Morgan fingerprint density at radius 3 is 1.90 bits per heavy atom. The van der Waals surface area contributed by atoms with Crippen molar-refractivity contribution >= 4 is 24.9 Å². The minimum absolute atomic E-state index is 0.133. The largest absolute Gasteiger partial charge is 0.281 e. The lowest BCUT2D eigenvalue weighted by Crippen LogP contribution is -2.31. The molecule has 1 atom stereocenters. The van der Waals surface area contributed by atoms with Gasteiger partial charge in [0.15, 0.2) is 0 Å². The molecular weight excluding hydrogens is 164 g/mol. The van der Waals surface area contributed by atoms with Gasteiger partial charge in [-0.05, 0) is 18.0 Å². The molecule has 0 aromatic carbocycles. The molecule has 0 fully saturated rings. The van der Waals surface area contributed by atoms with Crippen LogP contribution >= 0.6 is 11.6 Å². The summed E-state index contributed by atoms with van der Waals surface area (Å²) in [7, 11) is -1.33. The molecule has 0 aliphatic carbocycles. The van der Waals surface area contributed by atoms with Gasteiger partial charge < -0.3 is 0 Å². The van der Waals surface area contributed by atoms with Crippen LogP contribution in [0.5, 0.6) is 0 Å². The van der Waals surface area contributed by atoms with Gasteiger partial charge in [-0.15, -0.1) is 0 Å². The van der Waals surface area contributed by atoms with Crippen molar-refractivity contribution in [3.63, 3.8) is 0 Å². The van der Waals surface area contributed by atoms with Gasteiger partial charge in [0, 0.05) is 5.54 Å². The van der Waals surface area contributed by atoms with E-state index in [0.29, 0.717) is 0 Å². The second kappa shape index (κ2) is 3.53. The fourth-order valence-corrected chi connectivity index (χ4v) is 4.16. The highest BCUT2D eigenvalue weighted by atomic mass is 35.5. The van der Waals surface area contributed by atoms with Crippen LogP contribution in [0, 0.1) is 0 Å². The molecule has 3 heteroatoms. The maximum absolute atomic E-state index is 10.8. The van der Waals surface area contributed by atoms with Crippen molar-refractivity contribution in [1.82, 2.24) is 0 Å². The number of rotatable bonds is 3. The smallest absolute Gasteiger partial charge is 0.222 e. The molecule has 60 valence electrons. The Balaban J connectivity index is 4.22. The standard InChI is InChI=1S/C7H15ClOSi/c1-5-6(7(8)9)10(2,3)4/h6H,5H2,1-4H3. The van der Waals surface area contributed by atoms with Crippen molar-refractivity contribution in [3.05, 3.63) is 0 Å². The van der Waals surface area contributed by atoms with Crippen LogP contribution in [0.25, 0.3) is 0 Å². The SMILES string of the molecule is CCC(C(=O)Cl)[Si](C)(C)C. The van der Waals surface area contributed by atoms with Crippen LogP contribution in [0.2, 0.25) is 25.2 Å². The zero-order valence-electron chi connectivity index (χ0n) is 7.07. The Labute approximate surface area is 68.8 Å². The first-order valence-electron chi connectivity index (χ1n) is 3.59. The van der Waals surface area contributed by atoms with Crippen LogP contribution in [0.15, 0.2) is 0 Å². The molecule has 1 unspecified atom stereocenters. The van der Waals surface area contributed by atoms with Gasteiger partial charge in [-0.1, -0.05) is 26.6 Å². The molecule has 0 heterocycles. The third-order valence-electron chi connectivity index (χ3n) is 1.73. The van der Waals surface area contributed by atoms with Crippen molar-refractivity contribution in [2.75, 3.05) is 0 Å². The van der Waals surface area contributed by atoms with E-state index in [1.165, 1.54) is 0 Å². The fraction of sp³-hybridized carbons (Fsp3) is 0.857. The summed E-state index contributed by atoms with van der Waals surface area (Å²) in [5.41, 5.74) is 0.133. The van der Waals surface area contributed by atoms with Crippen molar-refractivity contribution in [2.24, 2.45) is 0 Å². The third-order valence-corrected chi connectivity index (χ3v) is 4.94. The zero-order valence-corrected chi connectivity index (χ0v) is 8.83. The Bertz CT molecular complexity index is 128. The molecule has 0 aliphatic rings. The van der Waals surface area contributed by atoms with Gasteiger partial charge >= 0.3 is 0 Å². The van der Waals surface area contributed by atoms with Gasteiger partial charge in [0.1, 0.15) is 0 Å². The van der Waals surface area contributed by atoms with Gasteiger partial charge in [-0.2, -0.15) is 0 Å². The predicted octanol–water partition coefficient (Wildman–Crippen LogP) is 2.87. The van der Waals surface area contributed by atoms with E-state index < -0.39 is 8.07 Å². The molecule has 0 amide bonds. The molecule has 0 N–H and O–H groups in total. The lowest BCUT2D eigenvalue weighted by atomic mass is 10.4. The number of carbonyl (C=O) groups excluding carboxylic acids is 1. The topological polar surface area (TPSA) is 17.1 Å². The van der Waals surface area contributed by atoms with Gasteiger partial charge in [-0.25, -0.2) is 0 Å². The van der Waals surface area contributed by atoms with E-state index in [2.05, 4.69) is 19.6 Å². The highest BCUT2D eigenvalue weighted by Gasteiger charge is 2.29. The van der Waals surface area contributed by atoms with Crippen LogP contribution in [0.3, 0.4) is 0 Å². The van der Waals surface area contributed by atoms with Crippen molar-refractivity contribution in [2.45, 2.75) is 38.5 Å². The maximum atomic E-state index is 10.8. The molecular formula is C7H15ClOSi. The molecule has 1 nitrogen and oxygen atoms in total. The van der Waals surface area contributed by atoms with Gasteiger partial charge in [0.2, 0.25) is 5.24 Å². The predicted molar refractivity (Wildman–Crippen MR) is 48.2 cm³/mol. The van der Waals surface area contributed by atoms with Crippen molar-refractivity contribution < 1.29 is 4.79 Å². The van der Waals surface area contributed by atoms with E-state index >= 15 is 0 Å². The molecule has 0 radical (unpaired) electrons. The molecule has 0 bridgehead atoms. The quantitative estimate of drug-likeness (QED) is 0.480. The summed E-state index contributed by atoms with van der Waals surface area (Å²) in [4.78, 5) is 10.8. The van der Waals surface area contributed by atoms with Crippen LogP contribution in [-0.4, -0.2) is 13.3 Å². The van der Waals surface area contributed by atoms with E-state index in [4.69, 9.17) is 11.6 Å². The summed E-state index contributed by atoms with van der Waals surface area (Å²) in [5, 5.41) is -0.151. The molecule has 0 aromatic heterocycles. The second-order valence-electron chi connectivity index (χ2n) is 3.63. The van der Waals surface area contributed by atoms with Crippen molar-refractivity contribution in [3.8, 4) is 0 Å². The lowest BCUT2D eigenvalue weighted by molar-refractivity contribution is -0.111. The lowest BCUT2D eigenvalue weighted by Gasteiger charge is -2.23. The Morgan fingerprint density at radius 1 is 1.50 bits per heavy atom. The Kier molecular flexibility index (Phi) is 3.60. The monoisotopic (exact) mass is 178 g/mol. The fourth-order valence-electron chi connectivity index (χ4n) is 1.11. The first kappa shape index (κ1) is 10.2. The average molecular weight is 179 g/mol. The molecule has 0 saturated heterocycles. The summed E-state index contributed by atoms with van der Waals surface area (Å²) in [5.74, 6) is 0. The van der Waals surface area contributed by atoms with Gasteiger partial charge in [0.05, 0.1) is 8.07 Å². The van der Waals surface area contributed by atoms with E-state index in [-0.39, 0.29) is 10.8 Å². The molecule has 0 saturated carbocycles. The van der Waals surface area contributed by atoms with E-state index in [0.717, 1.165) is 6.42 Å². The normalized spacial score (nSPS) is 14.9. The second-order valence-corrected chi connectivity index (χ2v) is 9.43. The summed E-state index contributed by atoms with van der Waals surface area (Å²) < 4.78 is 0. The zero-order chi connectivity index (χ0) is 8.36. The van der Waals surface area contributed by atoms with E-state index in [1.807, 2.05) is 6.92 Å². The van der Waals surface area contributed by atoms with Crippen molar-refractivity contribution in [1.29, 1.82) is 0 Å². The molecule has 0 rings (SSSR count). The minimum Gasteiger partial charge on any atom is -0.281 e. The molecule has 0 spiro atoms. The summed E-state index contributed by atoms with van der Waals surface area (Å²) in [6.07, 6.45) is 0.887. The molecule has 10 heavy (non-hydrogen) atoms. The number of hydrogen-bond acceptors (Lipinski definition) is 1. The number of hydrogen-bond donors (Lipinski definition) is 0. The first-order valence-corrected chi connectivity index (χ1v) is 7.54. The average Bonchev–Trinajstić information content (AvgIpc) is 1.60. The Morgan fingerprint density at radius 2 is 1.90 bits per heavy atom. The first-order chi connectivity index (χ1) is 4.39. The van der Waals surface area contributed by atoms with Gasteiger partial charge in [-0.3, -0.25) is 4.79 Å². The highest BCUT2D eigenvalue weighted by Crippen LogP contribution is 2.27. The molecule has 0 aliphatic heterocycles. The van der Waals surface area contributed by atoms with Crippen LogP contribution in [0.1, 0.15) is 13.3 Å². The number of halogens is 1. The minimum atomic E-state index is -1.33. The van der Waals surface area contributed by atoms with Crippen LogP contribution in [0.4, 0.5) is 0 Å².